The number of hydroxylamine groups is 1. The average molecular weight is 715 g/mol. The van der Waals surface area contributed by atoms with Crippen molar-refractivity contribution in [1.82, 2.24) is 15.3 Å². The molecule has 0 bridgehead atoms. The average Bonchev–Trinajstić information content (AvgIpc) is 3.03. The number of carboxylic acid groups (broad SMARTS) is 3. The molecule has 0 saturated carbocycles. The van der Waals surface area contributed by atoms with Gasteiger partial charge in [0, 0.05) is 39.1 Å². The first-order valence-corrected chi connectivity index (χ1v) is 15.5. The van der Waals surface area contributed by atoms with E-state index in [1.54, 1.807) is 0 Å². The second-order valence-corrected chi connectivity index (χ2v) is 11.8. The van der Waals surface area contributed by atoms with Crippen LogP contribution in [0.15, 0.2) is 0 Å². The summed E-state index contributed by atoms with van der Waals surface area (Å²) in [5.41, 5.74) is 8.56. The molecule has 49 heavy (non-hydrogen) atoms. The van der Waals surface area contributed by atoms with Crippen LogP contribution in [0.2, 0.25) is 0 Å². The molecule has 2 fully saturated rings. The maximum Gasteiger partial charge on any atom is 0.338 e. The summed E-state index contributed by atoms with van der Waals surface area (Å²) in [4.78, 5) is 53.8. The number of carboxylic acids is 3. The maximum atomic E-state index is 12.8. The van der Waals surface area contributed by atoms with Crippen LogP contribution in [0.5, 0.6) is 0 Å². The predicted octanol–water partition coefficient (Wildman–Crippen LogP) is -5.63. The van der Waals surface area contributed by atoms with Gasteiger partial charge in [0.05, 0.1) is 108 Å². The summed E-state index contributed by atoms with van der Waals surface area (Å²) in [7, 11) is 2.82. The van der Waals surface area contributed by atoms with Crippen molar-refractivity contribution in [2.75, 3.05) is 93.1 Å². The van der Waals surface area contributed by atoms with Crippen LogP contribution in [0.1, 0.15) is 0 Å². The van der Waals surface area contributed by atoms with Gasteiger partial charge in [-0.25, -0.2) is 4.79 Å². The molecule has 2 heterocycles. The van der Waals surface area contributed by atoms with Crippen molar-refractivity contribution in [2.45, 2.75) is 48.7 Å². The second-order valence-electron chi connectivity index (χ2n) is 11.8. The number of carbonyl (C=O) groups is 4. The van der Waals surface area contributed by atoms with Gasteiger partial charge in [-0.3, -0.25) is 24.2 Å². The van der Waals surface area contributed by atoms with Crippen LogP contribution in [0.3, 0.4) is 0 Å². The van der Waals surface area contributed by atoms with Crippen molar-refractivity contribution >= 4 is 23.9 Å². The summed E-state index contributed by atoms with van der Waals surface area (Å²) in [6.07, 6.45) is -5.96. The van der Waals surface area contributed by atoms with Gasteiger partial charge in [-0.2, -0.15) is 0 Å². The summed E-state index contributed by atoms with van der Waals surface area (Å²) < 4.78 is 27.8. The van der Waals surface area contributed by atoms with Crippen LogP contribution in [-0.2, 0) is 47.7 Å². The van der Waals surface area contributed by atoms with Crippen molar-refractivity contribution in [2.24, 2.45) is 17.6 Å². The van der Waals surface area contributed by atoms with Gasteiger partial charge >= 0.3 is 23.9 Å². The molecular formula is C28H50N4O17. The molecule has 2 aliphatic rings. The highest BCUT2D eigenvalue weighted by Gasteiger charge is 2.47. The summed E-state index contributed by atoms with van der Waals surface area (Å²) in [5.74, 6) is -6.47. The zero-order chi connectivity index (χ0) is 36.7. The molecule has 0 aromatic carbocycles. The van der Waals surface area contributed by atoms with Gasteiger partial charge in [-0.15, -0.1) is 5.48 Å². The van der Waals surface area contributed by atoms with Crippen molar-refractivity contribution in [3.8, 4) is 0 Å². The summed E-state index contributed by atoms with van der Waals surface area (Å²) in [5, 5.41) is 69.3. The Bertz CT molecular complexity index is 1030. The number of aliphatic hydroxyl groups excluding tert-OH is 4. The standard InChI is InChI=1S/C28H50N4O17/c1-44-11-15-17(9-33)48-20(14-46-12-16-18(10-34)47-19(13-45-2)25(29)27(16)42)26(28(15)43)30-49-24(41)8-32(7-23(39)40)4-3-31(5-21(35)36)6-22(37)38/h15-20,25-28,30,33-34,42-43H,3-14,29H2,1-2H3,(H,35,36)(H,37,38)(H,39,40). The number of nitrogens with zero attached hydrogens (tertiary/aromatic N) is 2. The fourth-order valence-electron chi connectivity index (χ4n) is 5.78. The summed E-state index contributed by atoms with van der Waals surface area (Å²) in [6, 6.07) is -2.01. The molecule has 10 N–H and O–H groups in total. The molecule has 2 aliphatic heterocycles. The molecule has 10 atom stereocenters. The molecule has 0 amide bonds. The van der Waals surface area contributed by atoms with E-state index in [0.717, 1.165) is 9.80 Å². The molecule has 0 aromatic heterocycles. The van der Waals surface area contributed by atoms with Gasteiger partial charge in [-0.1, -0.05) is 0 Å². The van der Waals surface area contributed by atoms with Gasteiger partial charge in [0.2, 0.25) is 0 Å². The number of carbonyl (C=O) groups excluding carboxylic acids is 1. The van der Waals surface area contributed by atoms with Gasteiger partial charge < -0.3 is 70.0 Å². The molecule has 2 saturated heterocycles. The topological polar surface area (TPSA) is 310 Å². The lowest BCUT2D eigenvalue weighted by Gasteiger charge is -2.45. The molecule has 0 spiro atoms. The molecule has 10 unspecified atom stereocenters. The van der Waals surface area contributed by atoms with E-state index in [-0.39, 0.29) is 39.5 Å². The van der Waals surface area contributed by atoms with E-state index < -0.39 is 124 Å². The Kier molecular flexibility index (Phi) is 18.7. The van der Waals surface area contributed by atoms with Crippen molar-refractivity contribution in [1.29, 1.82) is 0 Å². The van der Waals surface area contributed by atoms with Crippen molar-refractivity contribution < 1.29 is 83.4 Å². The third-order valence-corrected chi connectivity index (χ3v) is 8.24. The number of nitrogens with two attached hydrogens (primary N) is 1. The number of rotatable bonds is 23. The molecule has 21 heteroatoms. The molecule has 0 aliphatic carbocycles. The lowest BCUT2D eigenvalue weighted by atomic mass is 9.85. The quantitative estimate of drug-likeness (QED) is 0.0446. The molecule has 21 nitrogen and oxygen atoms in total. The Morgan fingerprint density at radius 1 is 0.694 bits per heavy atom. The predicted molar refractivity (Wildman–Crippen MR) is 162 cm³/mol. The minimum Gasteiger partial charge on any atom is -0.480 e. The number of hydrogen-bond acceptors (Lipinski definition) is 18. The van der Waals surface area contributed by atoms with Crippen LogP contribution >= 0.6 is 0 Å². The fourth-order valence-corrected chi connectivity index (χ4v) is 5.78. The Balaban J connectivity index is 2.11. The van der Waals surface area contributed by atoms with E-state index in [1.165, 1.54) is 14.2 Å². The van der Waals surface area contributed by atoms with E-state index >= 15 is 0 Å². The number of nitrogens with one attached hydrogen (secondary N) is 1. The van der Waals surface area contributed by atoms with Gasteiger partial charge in [0.25, 0.3) is 0 Å². The number of hydrogen-bond donors (Lipinski definition) is 9. The first-order chi connectivity index (χ1) is 23.3. The molecule has 0 radical (unpaired) electrons. The van der Waals surface area contributed by atoms with Crippen molar-refractivity contribution in [3.63, 3.8) is 0 Å². The smallest absolute Gasteiger partial charge is 0.338 e. The molecular weight excluding hydrogens is 664 g/mol. The Labute approximate surface area is 282 Å². The van der Waals surface area contributed by atoms with Gasteiger partial charge in [-0.05, 0) is 0 Å². The lowest BCUT2D eigenvalue weighted by Crippen LogP contribution is -2.63. The van der Waals surface area contributed by atoms with Gasteiger partial charge in [0.1, 0.15) is 6.10 Å². The van der Waals surface area contributed by atoms with E-state index in [0.29, 0.717) is 0 Å². The van der Waals surface area contributed by atoms with Crippen LogP contribution in [0.4, 0.5) is 0 Å². The highest BCUT2D eigenvalue weighted by molar-refractivity contribution is 5.74. The van der Waals surface area contributed by atoms with Crippen molar-refractivity contribution in [3.05, 3.63) is 0 Å². The van der Waals surface area contributed by atoms with E-state index in [9.17, 15) is 44.7 Å². The zero-order valence-corrected chi connectivity index (χ0v) is 27.4. The fraction of sp³-hybridized carbons (Fsp3) is 0.857. The van der Waals surface area contributed by atoms with Crippen LogP contribution in [0.25, 0.3) is 0 Å². The number of methoxy groups -OCH3 is 2. The SMILES string of the molecule is COCC1OC(CO)C(COCC2OC(CO)C(COC)C(O)C2NOC(=O)CN(CCN(CC(=O)O)CC(=O)O)CC(=O)O)C(O)C1N. The molecule has 2 rings (SSSR count). The summed E-state index contributed by atoms with van der Waals surface area (Å²) >= 11 is 0. The van der Waals surface area contributed by atoms with Crippen LogP contribution in [-0.4, -0.2) is 211 Å². The van der Waals surface area contributed by atoms with Crippen LogP contribution in [0, 0.1) is 11.8 Å². The maximum absolute atomic E-state index is 12.8. The molecule has 284 valence electrons. The number of aliphatic carboxylic acids is 3. The minimum atomic E-state index is -1.33. The zero-order valence-electron chi connectivity index (χ0n) is 27.4. The minimum absolute atomic E-state index is 0.0496. The van der Waals surface area contributed by atoms with E-state index in [4.69, 9.17) is 44.5 Å². The Morgan fingerprint density at radius 3 is 1.67 bits per heavy atom. The lowest BCUT2D eigenvalue weighted by molar-refractivity contribution is -0.219. The third-order valence-electron chi connectivity index (χ3n) is 8.24. The second kappa shape index (κ2) is 21.5. The normalized spacial score (nSPS) is 30.4. The summed E-state index contributed by atoms with van der Waals surface area (Å²) in [6.45, 7) is -4.29. The molecule has 0 aromatic rings. The van der Waals surface area contributed by atoms with Gasteiger partial charge in [0.15, 0.2) is 0 Å². The Morgan fingerprint density at radius 2 is 1.18 bits per heavy atom. The first-order valence-electron chi connectivity index (χ1n) is 15.5. The largest absolute Gasteiger partial charge is 0.480 e. The van der Waals surface area contributed by atoms with E-state index in [1.807, 2.05) is 0 Å². The highest BCUT2D eigenvalue weighted by atomic mass is 16.7. The highest BCUT2D eigenvalue weighted by Crippen LogP contribution is 2.29. The first kappa shape index (κ1) is 42.5. The number of ether oxygens (including phenoxy) is 5. The number of aliphatic hydroxyl groups is 4. The van der Waals surface area contributed by atoms with E-state index in [2.05, 4.69) is 5.48 Å². The monoisotopic (exact) mass is 714 g/mol. The Hall–Kier alpha value is -2.64. The third kappa shape index (κ3) is 13.5. The van der Waals surface area contributed by atoms with Crippen LogP contribution < -0.4 is 11.2 Å².